The van der Waals surface area contributed by atoms with Gasteiger partial charge in [0.05, 0.1) is 17.3 Å². The molecule has 0 saturated carbocycles. The van der Waals surface area contributed by atoms with Crippen LogP contribution in [0.25, 0.3) is 11.3 Å². The maximum Gasteiger partial charge on any atom is 0.419 e. The number of likely N-dealkylation sites (tertiary alicyclic amines) is 1. The summed E-state index contributed by atoms with van der Waals surface area (Å²) < 4.78 is 41.5. The largest absolute Gasteiger partial charge is 0.419 e. The van der Waals surface area contributed by atoms with Crippen molar-refractivity contribution in [2.24, 2.45) is 0 Å². The van der Waals surface area contributed by atoms with Crippen LogP contribution < -0.4 is 11.1 Å². The highest BCUT2D eigenvalue weighted by Crippen LogP contribution is 2.44. The molecule has 11 heteroatoms. The number of pyridine rings is 2. The predicted octanol–water partition coefficient (Wildman–Crippen LogP) is 3.37. The molecule has 2 aliphatic heterocycles. The third-order valence-corrected chi connectivity index (χ3v) is 6.44. The van der Waals surface area contributed by atoms with Crippen molar-refractivity contribution >= 4 is 11.8 Å². The molecule has 1 atom stereocenters. The van der Waals surface area contributed by atoms with Gasteiger partial charge in [0.1, 0.15) is 5.82 Å². The second-order valence-corrected chi connectivity index (χ2v) is 8.64. The number of nitrogens with two attached hydrogens (primary N) is 1. The number of fused-ring (bicyclic) bond motifs is 2. The van der Waals surface area contributed by atoms with Crippen LogP contribution in [-0.4, -0.2) is 43.8 Å². The van der Waals surface area contributed by atoms with Crippen LogP contribution in [0.15, 0.2) is 42.9 Å². The van der Waals surface area contributed by atoms with Gasteiger partial charge in [-0.05, 0) is 37.1 Å². The number of alkyl halides is 3. The van der Waals surface area contributed by atoms with E-state index < -0.39 is 17.6 Å². The Hall–Kier alpha value is -3.63. The van der Waals surface area contributed by atoms with Crippen LogP contribution in [-0.2, 0) is 18.1 Å². The van der Waals surface area contributed by atoms with E-state index in [-0.39, 0.29) is 23.1 Å². The molecule has 3 N–H and O–H groups in total. The van der Waals surface area contributed by atoms with Gasteiger partial charge in [0.25, 0.3) is 0 Å². The van der Waals surface area contributed by atoms with E-state index in [2.05, 4.69) is 20.4 Å². The van der Waals surface area contributed by atoms with Gasteiger partial charge in [-0.25, -0.2) is 9.78 Å². The van der Waals surface area contributed by atoms with Gasteiger partial charge < -0.3 is 16.0 Å². The fraction of sp³-hybridized carbons (Fsp3) is 0.364. The molecule has 3 aromatic rings. The molecule has 8 nitrogen and oxygen atoms in total. The molecule has 33 heavy (non-hydrogen) atoms. The van der Waals surface area contributed by atoms with Crippen LogP contribution in [0.4, 0.5) is 23.8 Å². The van der Waals surface area contributed by atoms with Gasteiger partial charge in [0.2, 0.25) is 0 Å². The monoisotopic (exact) mass is 457 g/mol. The molecular formula is C22H22F3N7O. The third-order valence-electron chi connectivity index (χ3n) is 6.44. The Morgan fingerprint density at radius 3 is 2.76 bits per heavy atom. The summed E-state index contributed by atoms with van der Waals surface area (Å²) in [5, 5.41) is 7.47. The molecule has 2 amide bonds. The number of rotatable bonds is 3. The summed E-state index contributed by atoms with van der Waals surface area (Å²) in [6.45, 7) is 3.59. The van der Waals surface area contributed by atoms with Crippen molar-refractivity contribution in [1.29, 1.82) is 0 Å². The number of hydrogen-bond donors (Lipinski definition) is 2. The number of hydrogen-bond acceptors (Lipinski definition) is 5. The van der Waals surface area contributed by atoms with Gasteiger partial charge in [0.15, 0.2) is 0 Å². The van der Waals surface area contributed by atoms with Crippen molar-refractivity contribution in [3.63, 3.8) is 0 Å². The molecule has 3 aromatic heterocycles. The highest BCUT2D eigenvalue weighted by atomic mass is 19.4. The normalized spacial score (nSPS) is 17.5. The first-order valence-electron chi connectivity index (χ1n) is 10.5. The number of nitrogens with zero attached hydrogens (tertiary/aromatic N) is 5. The maximum absolute atomic E-state index is 13.2. The van der Waals surface area contributed by atoms with Crippen molar-refractivity contribution in [2.45, 2.75) is 37.5 Å². The van der Waals surface area contributed by atoms with Crippen LogP contribution in [0.3, 0.4) is 0 Å². The zero-order valence-electron chi connectivity index (χ0n) is 17.8. The smallest absolute Gasteiger partial charge is 0.383 e. The summed E-state index contributed by atoms with van der Waals surface area (Å²) >= 11 is 0. The minimum atomic E-state index is -4.59. The van der Waals surface area contributed by atoms with Gasteiger partial charge in [-0.1, -0.05) is 6.07 Å². The van der Waals surface area contributed by atoms with E-state index >= 15 is 0 Å². The molecule has 5 rings (SSSR count). The highest BCUT2D eigenvalue weighted by molar-refractivity contribution is 5.76. The lowest BCUT2D eigenvalue weighted by Gasteiger charge is -2.47. The fourth-order valence-electron chi connectivity index (χ4n) is 4.59. The Bertz CT molecular complexity index is 1200. The summed E-state index contributed by atoms with van der Waals surface area (Å²) in [5.41, 5.74) is 6.70. The van der Waals surface area contributed by atoms with E-state index in [1.54, 1.807) is 23.4 Å². The molecular weight excluding hydrogens is 435 g/mol. The minimum Gasteiger partial charge on any atom is -0.383 e. The van der Waals surface area contributed by atoms with Crippen molar-refractivity contribution in [2.75, 3.05) is 18.8 Å². The van der Waals surface area contributed by atoms with Crippen molar-refractivity contribution in [3.05, 3.63) is 59.7 Å². The lowest BCUT2D eigenvalue weighted by atomic mass is 9.76. The first kappa shape index (κ1) is 21.2. The number of aryl methyl sites for hydroxylation is 1. The van der Waals surface area contributed by atoms with E-state index in [0.29, 0.717) is 25.3 Å². The van der Waals surface area contributed by atoms with Crippen molar-refractivity contribution < 1.29 is 18.0 Å². The second-order valence-electron chi connectivity index (χ2n) is 8.64. The van der Waals surface area contributed by atoms with Gasteiger partial charge in [-0.15, -0.1) is 0 Å². The quantitative estimate of drug-likeness (QED) is 0.628. The van der Waals surface area contributed by atoms with Crippen LogP contribution in [0.2, 0.25) is 0 Å². The van der Waals surface area contributed by atoms with Crippen LogP contribution >= 0.6 is 0 Å². The Kier molecular flexibility index (Phi) is 4.80. The van der Waals surface area contributed by atoms with E-state index in [4.69, 9.17) is 5.73 Å². The Labute approximate surface area is 187 Å². The summed E-state index contributed by atoms with van der Waals surface area (Å²) in [6.07, 6.45) is 0.932. The molecule has 1 fully saturated rings. The summed E-state index contributed by atoms with van der Waals surface area (Å²) in [5.74, 6) is -0.560. The van der Waals surface area contributed by atoms with E-state index in [9.17, 15) is 18.0 Å². The number of carbonyl (C=O) groups is 1. The molecule has 2 aliphatic rings. The number of anilines is 1. The third kappa shape index (κ3) is 3.66. The second kappa shape index (κ2) is 7.46. The van der Waals surface area contributed by atoms with E-state index in [1.807, 2.05) is 23.7 Å². The first-order valence-corrected chi connectivity index (χ1v) is 10.5. The van der Waals surface area contributed by atoms with Crippen molar-refractivity contribution in [3.8, 4) is 11.3 Å². The lowest BCUT2D eigenvalue weighted by Crippen LogP contribution is -2.62. The number of halogens is 3. The summed E-state index contributed by atoms with van der Waals surface area (Å²) in [7, 11) is 0. The Morgan fingerprint density at radius 2 is 2.06 bits per heavy atom. The SMILES string of the molecule is C[C@@H](NC(=O)N1CC2(CCn3nc(-c4cnc(N)c(C(F)(F)F)c4)cc32)C1)c1cccnc1. The minimum absolute atomic E-state index is 0.160. The highest BCUT2D eigenvalue weighted by Gasteiger charge is 2.51. The van der Waals surface area contributed by atoms with Gasteiger partial charge in [0, 0.05) is 54.9 Å². The number of carbonyl (C=O) groups excluding carboxylic acids is 1. The molecule has 0 radical (unpaired) electrons. The predicted molar refractivity (Wildman–Crippen MR) is 114 cm³/mol. The standard InChI is InChI=1S/C22H22F3N7O/c1-13(14-3-2-5-27-9-14)29-20(33)31-11-21(12-31)4-6-32-18(21)8-17(30-32)15-7-16(22(23,24)25)19(26)28-10-15/h2-3,5,7-10,13H,4,6,11-12H2,1H3,(H2,26,28)(H,29,33)/t13-/m1/s1. The number of nitrogens with one attached hydrogen (secondary N) is 1. The molecule has 1 spiro atoms. The zero-order valence-corrected chi connectivity index (χ0v) is 17.8. The topological polar surface area (TPSA) is 102 Å². The molecule has 1 saturated heterocycles. The molecule has 5 heterocycles. The number of urea groups is 1. The zero-order chi connectivity index (χ0) is 23.4. The average Bonchev–Trinajstić information content (AvgIpc) is 3.32. The van der Waals surface area contributed by atoms with Gasteiger partial charge in [-0.3, -0.25) is 9.67 Å². The average molecular weight is 457 g/mol. The van der Waals surface area contributed by atoms with Crippen LogP contribution in [0.1, 0.15) is 36.2 Å². The van der Waals surface area contributed by atoms with E-state index in [1.165, 1.54) is 6.20 Å². The Morgan fingerprint density at radius 1 is 1.27 bits per heavy atom. The van der Waals surface area contributed by atoms with E-state index in [0.717, 1.165) is 23.7 Å². The maximum atomic E-state index is 13.2. The number of aromatic nitrogens is 4. The van der Waals surface area contributed by atoms with Crippen molar-refractivity contribution in [1.82, 2.24) is 30.0 Å². The molecule has 0 aliphatic carbocycles. The van der Waals surface area contributed by atoms with Gasteiger partial charge >= 0.3 is 12.2 Å². The number of nitrogen functional groups attached to an aromatic ring is 1. The fourth-order valence-corrected chi connectivity index (χ4v) is 4.59. The summed E-state index contributed by atoms with van der Waals surface area (Å²) in [6, 6.07) is 6.17. The summed E-state index contributed by atoms with van der Waals surface area (Å²) in [4.78, 5) is 22.2. The molecule has 0 unspecified atom stereocenters. The number of amides is 2. The van der Waals surface area contributed by atoms with Crippen LogP contribution in [0.5, 0.6) is 0 Å². The molecule has 172 valence electrons. The lowest BCUT2D eigenvalue weighted by molar-refractivity contribution is -0.137. The Balaban J connectivity index is 1.31. The van der Waals surface area contributed by atoms with Gasteiger partial charge in [-0.2, -0.15) is 18.3 Å². The first-order chi connectivity index (χ1) is 15.7. The molecule has 0 aromatic carbocycles. The molecule has 0 bridgehead atoms. The van der Waals surface area contributed by atoms with Crippen LogP contribution in [0, 0.1) is 0 Å².